The number of rotatable bonds is 5. The summed E-state index contributed by atoms with van der Waals surface area (Å²) in [5.74, 6) is 0. The molecule has 3 heteroatoms. The number of aryl methyl sites for hydroxylation is 1. The number of hydrogen-bond donors (Lipinski definition) is 1. The van der Waals surface area contributed by atoms with Gasteiger partial charge in [0.25, 0.3) is 0 Å². The van der Waals surface area contributed by atoms with E-state index in [0.717, 1.165) is 12.1 Å². The van der Waals surface area contributed by atoms with Crippen molar-refractivity contribution in [2.45, 2.75) is 58.4 Å². The topological polar surface area (TPSA) is 24.9 Å². The molecule has 1 fully saturated rings. The van der Waals surface area contributed by atoms with E-state index in [-0.39, 0.29) is 0 Å². The van der Waals surface area contributed by atoms with Crippen molar-refractivity contribution < 1.29 is 0 Å². The quantitative estimate of drug-likeness (QED) is 0.867. The summed E-state index contributed by atoms with van der Waals surface area (Å²) in [4.78, 5) is 4.61. The SMILES string of the molecule is CCC1(C(Cc2nc(C)cs2)NC)CCCC1. The molecule has 1 N–H and O–H groups in total. The van der Waals surface area contributed by atoms with Crippen molar-refractivity contribution in [3.05, 3.63) is 16.1 Å². The molecule has 1 aliphatic carbocycles. The Balaban J connectivity index is 2.10. The molecule has 2 nitrogen and oxygen atoms in total. The van der Waals surface area contributed by atoms with E-state index in [1.165, 1.54) is 37.1 Å². The normalized spacial score (nSPS) is 20.6. The van der Waals surface area contributed by atoms with Crippen LogP contribution in [0.1, 0.15) is 49.7 Å². The Morgan fingerprint density at radius 3 is 2.65 bits per heavy atom. The first-order chi connectivity index (χ1) is 8.20. The maximum Gasteiger partial charge on any atom is 0.0943 e. The molecular formula is C14H24N2S. The molecule has 0 aromatic carbocycles. The van der Waals surface area contributed by atoms with Gasteiger partial charge in [-0.3, -0.25) is 0 Å². The monoisotopic (exact) mass is 252 g/mol. The fourth-order valence-corrected chi connectivity index (χ4v) is 4.14. The van der Waals surface area contributed by atoms with Crippen molar-refractivity contribution in [1.29, 1.82) is 0 Å². The average Bonchev–Trinajstić information content (AvgIpc) is 2.95. The molecule has 1 heterocycles. The fraction of sp³-hybridized carbons (Fsp3) is 0.786. The molecule has 0 aliphatic heterocycles. The van der Waals surface area contributed by atoms with Crippen LogP contribution in [0.15, 0.2) is 5.38 Å². The van der Waals surface area contributed by atoms with Crippen LogP contribution in [0.3, 0.4) is 0 Å². The van der Waals surface area contributed by atoms with Crippen LogP contribution in [-0.4, -0.2) is 18.1 Å². The number of likely N-dealkylation sites (N-methyl/N-ethyl adjacent to an activating group) is 1. The molecule has 0 spiro atoms. The molecule has 1 unspecified atom stereocenters. The van der Waals surface area contributed by atoms with Crippen LogP contribution in [0.25, 0.3) is 0 Å². The Morgan fingerprint density at radius 1 is 1.47 bits per heavy atom. The highest BCUT2D eigenvalue weighted by Crippen LogP contribution is 2.44. The molecule has 0 radical (unpaired) electrons. The molecule has 1 aromatic rings. The smallest absolute Gasteiger partial charge is 0.0943 e. The first kappa shape index (κ1) is 13.0. The molecule has 96 valence electrons. The van der Waals surface area contributed by atoms with Crippen molar-refractivity contribution in [3.8, 4) is 0 Å². The van der Waals surface area contributed by atoms with E-state index < -0.39 is 0 Å². The van der Waals surface area contributed by atoms with Crippen LogP contribution in [0.5, 0.6) is 0 Å². The highest BCUT2D eigenvalue weighted by atomic mass is 32.1. The van der Waals surface area contributed by atoms with E-state index >= 15 is 0 Å². The van der Waals surface area contributed by atoms with Crippen molar-refractivity contribution in [2.75, 3.05) is 7.05 Å². The van der Waals surface area contributed by atoms with Gasteiger partial charge >= 0.3 is 0 Å². The van der Waals surface area contributed by atoms with Gasteiger partial charge in [0.15, 0.2) is 0 Å². The van der Waals surface area contributed by atoms with Crippen LogP contribution in [0, 0.1) is 12.3 Å². The van der Waals surface area contributed by atoms with Gasteiger partial charge in [-0.15, -0.1) is 11.3 Å². The standard InChI is InChI=1S/C14H24N2S/c1-4-14(7-5-6-8-14)12(15-3)9-13-16-11(2)10-17-13/h10,12,15H,4-9H2,1-3H3. The van der Waals surface area contributed by atoms with Crippen molar-refractivity contribution >= 4 is 11.3 Å². The van der Waals surface area contributed by atoms with Crippen LogP contribution in [0.2, 0.25) is 0 Å². The first-order valence-corrected chi connectivity index (χ1v) is 7.66. The molecule has 1 aliphatic rings. The molecule has 1 atom stereocenters. The molecule has 17 heavy (non-hydrogen) atoms. The third-order valence-electron chi connectivity index (χ3n) is 4.44. The highest BCUT2D eigenvalue weighted by molar-refractivity contribution is 7.09. The second-order valence-electron chi connectivity index (χ2n) is 5.35. The van der Waals surface area contributed by atoms with Crippen LogP contribution in [0.4, 0.5) is 0 Å². The van der Waals surface area contributed by atoms with Gasteiger partial charge in [-0.05, 0) is 38.6 Å². The molecule has 0 saturated heterocycles. The van der Waals surface area contributed by atoms with Gasteiger partial charge < -0.3 is 5.32 Å². The predicted octanol–water partition coefficient (Wildman–Crippen LogP) is 3.55. The summed E-state index contributed by atoms with van der Waals surface area (Å²) in [6.45, 7) is 4.43. The molecule has 0 amide bonds. The maximum absolute atomic E-state index is 4.61. The van der Waals surface area contributed by atoms with E-state index in [0.29, 0.717) is 11.5 Å². The van der Waals surface area contributed by atoms with E-state index in [1.807, 2.05) is 11.3 Å². The molecule has 2 rings (SSSR count). The summed E-state index contributed by atoms with van der Waals surface area (Å²) >= 11 is 1.81. The zero-order valence-electron chi connectivity index (χ0n) is 11.3. The number of hydrogen-bond acceptors (Lipinski definition) is 3. The molecule has 1 aromatic heterocycles. The Bertz CT molecular complexity index is 353. The molecule has 1 saturated carbocycles. The second-order valence-corrected chi connectivity index (χ2v) is 6.29. The van der Waals surface area contributed by atoms with Crippen LogP contribution in [-0.2, 0) is 6.42 Å². The minimum absolute atomic E-state index is 0.522. The minimum atomic E-state index is 0.522. The Kier molecular flexibility index (Phi) is 4.21. The summed E-state index contributed by atoms with van der Waals surface area (Å²) in [5, 5.41) is 7.02. The van der Waals surface area contributed by atoms with Gasteiger partial charge in [-0.25, -0.2) is 4.98 Å². The lowest BCUT2D eigenvalue weighted by molar-refractivity contribution is 0.192. The van der Waals surface area contributed by atoms with E-state index in [9.17, 15) is 0 Å². The van der Waals surface area contributed by atoms with Crippen molar-refractivity contribution in [1.82, 2.24) is 10.3 Å². The minimum Gasteiger partial charge on any atom is -0.316 e. The van der Waals surface area contributed by atoms with E-state index in [2.05, 4.69) is 36.6 Å². The summed E-state index contributed by atoms with van der Waals surface area (Å²) in [5.41, 5.74) is 1.69. The first-order valence-electron chi connectivity index (χ1n) is 6.78. The summed E-state index contributed by atoms with van der Waals surface area (Å²) in [6.07, 6.45) is 7.98. The van der Waals surface area contributed by atoms with Crippen LogP contribution >= 0.6 is 11.3 Å². The summed E-state index contributed by atoms with van der Waals surface area (Å²) in [6, 6.07) is 0.598. The summed E-state index contributed by atoms with van der Waals surface area (Å²) < 4.78 is 0. The lowest BCUT2D eigenvalue weighted by Gasteiger charge is -2.36. The van der Waals surface area contributed by atoms with Gasteiger partial charge in [0, 0.05) is 23.5 Å². The lowest BCUT2D eigenvalue weighted by atomic mass is 9.75. The van der Waals surface area contributed by atoms with Gasteiger partial charge in [0.2, 0.25) is 0 Å². The highest BCUT2D eigenvalue weighted by Gasteiger charge is 2.39. The largest absolute Gasteiger partial charge is 0.316 e. The van der Waals surface area contributed by atoms with E-state index in [1.54, 1.807) is 0 Å². The zero-order chi connectivity index (χ0) is 12.3. The lowest BCUT2D eigenvalue weighted by Crippen LogP contribution is -2.43. The number of aromatic nitrogens is 1. The number of nitrogens with zero attached hydrogens (tertiary/aromatic N) is 1. The van der Waals surface area contributed by atoms with Crippen molar-refractivity contribution in [3.63, 3.8) is 0 Å². The molecule has 0 bridgehead atoms. The van der Waals surface area contributed by atoms with Crippen LogP contribution < -0.4 is 5.32 Å². The Hall–Kier alpha value is -0.410. The fourth-order valence-electron chi connectivity index (χ4n) is 3.32. The zero-order valence-corrected chi connectivity index (χ0v) is 12.1. The van der Waals surface area contributed by atoms with Crippen molar-refractivity contribution in [2.24, 2.45) is 5.41 Å². The van der Waals surface area contributed by atoms with Gasteiger partial charge in [-0.1, -0.05) is 19.8 Å². The number of nitrogens with one attached hydrogen (secondary N) is 1. The third kappa shape index (κ3) is 2.71. The number of thiazole rings is 1. The molecular weight excluding hydrogens is 228 g/mol. The maximum atomic E-state index is 4.61. The Labute approximate surface area is 109 Å². The summed E-state index contributed by atoms with van der Waals surface area (Å²) in [7, 11) is 2.11. The van der Waals surface area contributed by atoms with Gasteiger partial charge in [-0.2, -0.15) is 0 Å². The average molecular weight is 252 g/mol. The third-order valence-corrected chi connectivity index (χ3v) is 5.43. The van der Waals surface area contributed by atoms with E-state index in [4.69, 9.17) is 0 Å². The van der Waals surface area contributed by atoms with Gasteiger partial charge in [0.1, 0.15) is 0 Å². The second kappa shape index (κ2) is 5.49. The Morgan fingerprint density at radius 2 is 2.18 bits per heavy atom. The van der Waals surface area contributed by atoms with Gasteiger partial charge in [0.05, 0.1) is 5.01 Å². The predicted molar refractivity (Wildman–Crippen MR) is 74.6 cm³/mol.